The van der Waals surface area contributed by atoms with Crippen LogP contribution in [-0.2, 0) is 10.4 Å². The molecular formula is C32H38N4O4. The average molecular weight is 543 g/mol. The van der Waals surface area contributed by atoms with Crippen LogP contribution in [0.2, 0.25) is 0 Å². The molecule has 6 rings (SSSR count). The van der Waals surface area contributed by atoms with E-state index in [1.54, 1.807) is 55.4 Å². The highest BCUT2D eigenvalue weighted by atomic mass is 16.5. The molecule has 4 aliphatic carbocycles. The van der Waals surface area contributed by atoms with Crippen molar-refractivity contribution in [2.75, 3.05) is 0 Å². The van der Waals surface area contributed by atoms with E-state index in [0.717, 1.165) is 41.9 Å². The summed E-state index contributed by atoms with van der Waals surface area (Å²) in [7, 11) is 0. The Morgan fingerprint density at radius 3 is 1.15 bits per heavy atom. The van der Waals surface area contributed by atoms with Crippen LogP contribution in [0.25, 0.3) is 0 Å². The van der Waals surface area contributed by atoms with Crippen LogP contribution < -0.4 is 0 Å². The Labute approximate surface area is 236 Å². The van der Waals surface area contributed by atoms with Gasteiger partial charge in [0.25, 0.3) is 0 Å². The fourth-order valence-corrected chi connectivity index (χ4v) is 6.98. The Morgan fingerprint density at radius 1 is 0.550 bits per heavy atom. The maximum atomic E-state index is 13.4. The summed E-state index contributed by atoms with van der Waals surface area (Å²) in [4.78, 5) is 0. The van der Waals surface area contributed by atoms with E-state index < -0.39 is 33.0 Å². The molecule has 40 heavy (non-hydrogen) atoms. The lowest BCUT2D eigenvalue weighted by Gasteiger charge is -2.56. The van der Waals surface area contributed by atoms with E-state index in [2.05, 4.69) is 13.8 Å². The molecule has 2 radical (unpaired) electrons. The van der Waals surface area contributed by atoms with Gasteiger partial charge in [-0.2, -0.15) is 0 Å². The van der Waals surface area contributed by atoms with Gasteiger partial charge in [-0.25, -0.2) is 0 Å². The van der Waals surface area contributed by atoms with E-state index in [4.69, 9.17) is 0 Å². The zero-order chi connectivity index (χ0) is 29.6. The smallest absolute Gasteiger partial charge is 0.316 e. The van der Waals surface area contributed by atoms with Gasteiger partial charge >= 0.3 is 11.7 Å². The minimum atomic E-state index is -0.904. The van der Waals surface area contributed by atoms with E-state index in [1.165, 1.54) is 0 Å². The first-order valence-corrected chi connectivity index (χ1v) is 13.9. The summed E-state index contributed by atoms with van der Waals surface area (Å²) in [5.41, 5.74) is 0.621. The molecule has 0 fully saturated rings. The molecule has 0 aromatic heterocycles. The van der Waals surface area contributed by atoms with Gasteiger partial charge in [-0.3, -0.25) is 9.48 Å². The quantitative estimate of drug-likeness (QED) is 0.344. The maximum absolute atomic E-state index is 13.4. The average Bonchev–Trinajstić information content (AvgIpc) is 3.06. The lowest BCUT2D eigenvalue weighted by Crippen LogP contribution is -2.53. The van der Waals surface area contributed by atoms with Crippen molar-refractivity contribution in [3.63, 3.8) is 0 Å². The molecule has 0 aromatic carbocycles. The van der Waals surface area contributed by atoms with Crippen LogP contribution in [0.1, 0.15) is 69.2 Å². The summed E-state index contributed by atoms with van der Waals surface area (Å²) < 4.78 is 1.72. The van der Waals surface area contributed by atoms with Crippen LogP contribution in [-0.4, -0.2) is 53.4 Å². The molecule has 0 N–H and O–H groups in total. The second-order valence-corrected chi connectivity index (χ2v) is 14.3. The van der Waals surface area contributed by atoms with Crippen molar-refractivity contribution < 1.29 is 19.9 Å². The van der Waals surface area contributed by atoms with Gasteiger partial charge in [0.2, 0.25) is 0 Å². The van der Waals surface area contributed by atoms with Crippen molar-refractivity contribution in [1.82, 2.24) is 10.1 Å². The number of rotatable bonds is 2. The molecule has 0 saturated carbocycles. The number of hydrogen-bond acceptors (Lipinski definition) is 4. The van der Waals surface area contributed by atoms with E-state index in [9.17, 15) is 20.8 Å². The van der Waals surface area contributed by atoms with E-state index in [1.807, 2.05) is 48.6 Å². The number of hydrogen-bond donors (Lipinski definition) is 0. The van der Waals surface area contributed by atoms with Gasteiger partial charge in [-0.1, -0.05) is 48.3 Å². The van der Waals surface area contributed by atoms with Crippen molar-refractivity contribution in [2.24, 2.45) is 10.8 Å². The zero-order valence-electron chi connectivity index (χ0n) is 25.0. The molecule has 0 amide bonds. The molecular weight excluding hydrogens is 504 g/mol. The molecule has 6 aliphatic rings. The molecule has 8 heteroatoms. The van der Waals surface area contributed by atoms with Crippen LogP contribution in [0.3, 0.4) is 0 Å². The molecule has 0 aromatic rings. The molecule has 210 valence electrons. The van der Waals surface area contributed by atoms with Crippen molar-refractivity contribution in [2.45, 2.75) is 91.4 Å². The highest BCUT2D eigenvalue weighted by Crippen LogP contribution is 2.65. The van der Waals surface area contributed by atoms with Gasteiger partial charge in [0.1, 0.15) is 11.1 Å². The lowest BCUT2D eigenvalue weighted by molar-refractivity contribution is -0.539. The standard InChI is InChI=1S/C32H38N4O4/c1-27(2)28(3,4)34(38)25(33(27)37)19-15-21-11-13-23-17-20(26-35(39)29(5,6)30(7,8)36(26)40)18-24-14-12-22(16-19)31(21,9)32(23,24)10/h11-18H,1-10H3. The Balaban J connectivity index is 1.53. The Morgan fingerprint density at radius 2 is 0.875 bits per heavy atom. The predicted molar refractivity (Wildman–Crippen MR) is 152 cm³/mol. The summed E-state index contributed by atoms with van der Waals surface area (Å²) in [6, 6.07) is 0. The number of amidine groups is 2. The summed E-state index contributed by atoms with van der Waals surface area (Å²) in [6.45, 7) is 18.8. The first kappa shape index (κ1) is 26.8. The third-order valence-electron chi connectivity index (χ3n) is 11.7. The monoisotopic (exact) mass is 542 g/mol. The first-order valence-electron chi connectivity index (χ1n) is 13.9. The van der Waals surface area contributed by atoms with E-state index in [-0.39, 0.29) is 11.7 Å². The third kappa shape index (κ3) is 2.65. The highest BCUT2D eigenvalue weighted by molar-refractivity contribution is 6.01. The molecule has 0 bridgehead atoms. The van der Waals surface area contributed by atoms with Crippen molar-refractivity contribution >= 4 is 11.7 Å². The fourth-order valence-electron chi connectivity index (χ4n) is 6.98. The zero-order valence-corrected chi connectivity index (χ0v) is 25.0. The molecule has 2 heterocycles. The van der Waals surface area contributed by atoms with Crippen LogP contribution in [0.4, 0.5) is 0 Å². The molecule has 2 aliphatic heterocycles. The van der Waals surface area contributed by atoms with Gasteiger partial charge in [0, 0.05) is 21.2 Å². The topological polar surface area (TPSA) is 98.4 Å². The Hall–Kier alpha value is -3.36. The molecule has 8 nitrogen and oxygen atoms in total. The minimum absolute atomic E-state index is 0.125. The van der Waals surface area contributed by atoms with Gasteiger partial charge in [0.05, 0.1) is 11.1 Å². The lowest BCUT2D eigenvalue weighted by atomic mass is 9.46. The van der Waals surface area contributed by atoms with E-state index in [0.29, 0.717) is 11.1 Å². The predicted octanol–water partition coefficient (Wildman–Crippen LogP) is 5.42. The number of allylic oxidation sites excluding steroid dienone is 10. The van der Waals surface area contributed by atoms with Crippen molar-refractivity contribution in [3.8, 4) is 0 Å². The summed E-state index contributed by atoms with van der Waals surface area (Å²) in [5, 5.41) is 55.5. The maximum Gasteiger partial charge on any atom is 0.316 e. The van der Waals surface area contributed by atoms with Crippen LogP contribution in [0.5, 0.6) is 0 Å². The van der Waals surface area contributed by atoms with E-state index >= 15 is 0 Å². The highest BCUT2D eigenvalue weighted by Gasteiger charge is 2.63. The number of hydroxylamine groups is 6. The van der Waals surface area contributed by atoms with Crippen LogP contribution >= 0.6 is 0 Å². The summed E-state index contributed by atoms with van der Waals surface area (Å²) >= 11 is 0. The molecule has 0 spiro atoms. The first-order chi connectivity index (χ1) is 18.3. The van der Waals surface area contributed by atoms with Crippen molar-refractivity contribution in [3.05, 3.63) is 92.5 Å². The number of nitrogens with zero attached hydrogens (tertiary/aromatic N) is 4. The molecule has 2 atom stereocenters. The fraction of sp³-hybridized carbons (Fsp3) is 0.500. The Bertz CT molecular complexity index is 1460. The van der Waals surface area contributed by atoms with Gasteiger partial charge in [0.15, 0.2) is 11.1 Å². The molecule has 2 unspecified atom stereocenters. The van der Waals surface area contributed by atoms with Gasteiger partial charge in [-0.15, -0.1) is 0 Å². The largest absolute Gasteiger partial charge is 0.714 e. The Kier molecular flexibility index (Phi) is 4.89. The molecule has 0 saturated heterocycles. The normalized spacial score (nSPS) is 34.2. The second kappa shape index (κ2) is 7.28. The van der Waals surface area contributed by atoms with Crippen molar-refractivity contribution in [1.29, 1.82) is 0 Å². The summed E-state index contributed by atoms with van der Waals surface area (Å²) in [6.07, 6.45) is 16.0. The van der Waals surface area contributed by atoms with Gasteiger partial charge in [-0.05, 0) is 102 Å². The SMILES string of the molecule is CC12C3=CC=C4C=C(C5=[N+]([O-])C(C)(C)C(C)(C)N5[O])C=C(C=CC1=CC(C1=[N+]([O-])C(C)(C)C(C)(C)N1[O])=C3)C42C. The van der Waals surface area contributed by atoms with Gasteiger partial charge < -0.3 is 10.4 Å². The van der Waals surface area contributed by atoms with Crippen LogP contribution in [0, 0.1) is 21.2 Å². The van der Waals surface area contributed by atoms with Crippen LogP contribution in [0.15, 0.2) is 82.0 Å². The second-order valence-electron chi connectivity index (χ2n) is 14.3. The summed E-state index contributed by atoms with van der Waals surface area (Å²) in [5.74, 6) is 0.250. The minimum Gasteiger partial charge on any atom is -0.714 e. The third-order valence-corrected chi connectivity index (χ3v) is 11.7.